The predicted octanol–water partition coefficient (Wildman–Crippen LogP) is 1.46. The Labute approximate surface area is 146 Å². The van der Waals surface area contributed by atoms with Crippen molar-refractivity contribution in [2.75, 3.05) is 19.7 Å². The van der Waals surface area contributed by atoms with E-state index in [0.29, 0.717) is 32.0 Å². The third-order valence-corrected chi connectivity index (χ3v) is 4.77. The van der Waals surface area contributed by atoms with Crippen molar-refractivity contribution >= 4 is 5.91 Å². The van der Waals surface area contributed by atoms with Gasteiger partial charge in [-0.05, 0) is 24.6 Å². The highest BCUT2D eigenvalue weighted by Crippen LogP contribution is 2.36. The minimum Gasteiger partial charge on any atom is -0.370 e. The summed E-state index contributed by atoms with van der Waals surface area (Å²) in [5, 5.41) is 0. The largest absolute Gasteiger partial charge is 0.370 e. The molecule has 0 radical (unpaired) electrons. The number of likely N-dealkylation sites (tertiary alicyclic amines) is 1. The van der Waals surface area contributed by atoms with Gasteiger partial charge in [0.05, 0.1) is 37.2 Å². The molecule has 2 atom stereocenters. The third kappa shape index (κ3) is 3.52. The summed E-state index contributed by atoms with van der Waals surface area (Å²) >= 11 is 0. The van der Waals surface area contributed by atoms with Crippen LogP contribution in [0, 0.1) is 0 Å². The van der Waals surface area contributed by atoms with Gasteiger partial charge in [0.1, 0.15) is 12.0 Å². The van der Waals surface area contributed by atoms with Gasteiger partial charge in [0.15, 0.2) is 0 Å². The van der Waals surface area contributed by atoms with Gasteiger partial charge in [-0.2, -0.15) is 0 Å². The molecule has 7 nitrogen and oxygen atoms in total. The zero-order valence-corrected chi connectivity index (χ0v) is 13.9. The van der Waals surface area contributed by atoms with Crippen molar-refractivity contribution in [3.63, 3.8) is 0 Å². The second-order valence-corrected chi connectivity index (χ2v) is 6.52. The Morgan fingerprint density at radius 1 is 1.32 bits per heavy atom. The zero-order chi connectivity index (χ0) is 17.1. The number of pyridine rings is 1. The van der Waals surface area contributed by atoms with Gasteiger partial charge in [-0.15, -0.1) is 0 Å². The van der Waals surface area contributed by atoms with E-state index >= 15 is 0 Å². The van der Waals surface area contributed by atoms with Crippen molar-refractivity contribution in [2.24, 2.45) is 0 Å². The number of ether oxygens (including phenoxy) is 2. The van der Waals surface area contributed by atoms with Gasteiger partial charge in [0.25, 0.3) is 5.91 Å². The van der Waals surface area contributed by atoms with E-state index in [9.17, 15) is 4.79 Å². The fourth-order valence-electron chi connectivity index (χ4n) is 3.48. The van der Waals surface area contributed by atoms with E-state index in [4.69, 9.17) is 9.47 Å². The Bertz CT molecular complexity index is 728. The number of hydrogen-bond donors (Lipinski definition) is 0. The van der Waals surface area contributed by atoms with Gasteiger partial charge < -0.3 is 14.4 Å². The molecule has 130 valence electrons. The minimum atomic E-state index is -0.294. The first kappa shape index (κ1) is 16.1. The van der Waals surface area contributed by atoms with E-state index in [-0.39, 0.29) is 17.6 Å². The van der Waals surface area contributed by atoms with Crippen LogP contribution < -0.4 is 0 Å². The maximum Gasteiger partial charge on any atom is 0.272 e. The van der Waals surface area contributed by atoms with Crippen LogP contribution in [0.15, 0.2) is 43.0 Å². The van der Waals surface area contributed by atoms with Crippen LogP contribution in [0.1, 0.15) is 29.0 Å². The normalized spacial score (nSPS) is 25.6. The van der Waals surface area contributed by atoms with Crippen LogP contribution in [0.3, 0.4) is 0 Å². The summed E-state index contributed by atoms with van der Waals surface area (Å²) in [4.78, 5) is 26.5. The highest BCUT2D eigenvalue weighted by Gasteiger charge is 2.47. The van der Waals surface area contributed by atoms with E-state index in [1.54, 1.807) is 18.5 Å². The molecule has 0 saturated carbocycles. The van der Waals surface area contributed by atoms with Gasteiger partial charge in [0, 0.05) is 25.4 Å². The number of carbonyl (C=O) groups is 1. The molecule has 7 heteroatoms. The summed E-state index contributed by atoms with van der Waals surface area (Å²) in [6, 6.07) is 7.43. The van der Waals surface area contributed by atoms with Gasteiger partial charge >= 0.3 is 0 Å². The maximum absolute atomic E-state index is 12.5. The average molecular weight is 340 g/mol. The van der Waals surface area contributed by atoms with Gasteiger partial charge in [-0.1, -0.05) is 6.07 Å². The fraction of sp³-hybridized carbons (Fsp3) is 0.444. The Balaban J connectivity index is 1.33. The molecular weight excluding hydrogens is 320 g/mol. The Hall–Kier alpha value is -2.38. The molecular formula is C18H20N4O3. The standard InChI is InChI=1S/C18H20N4O3/c23-17(16-4-7-19-13-21-16)22-8-5-18(12-22)9-15(11-25-18)24-10-14-3-1-2-6-20-14/h1-4,6-7,13,15H,5,8-12H2/t15-,18-/m0/s1. The number of rotatable bonds is 4. The van der Waals surface area contributed by atoms with E-state index < -0.39 is 0 Å². The maximum atomic E-state index is 12.5. The molecule has 1 amide bonds. The Morgan fingerprint density at radius 3 is 3.08 bits per heavy atom. The average Bonchev–Trinajstić information content (AvgIpc) is 3.28. The lowest BCUT2D eigenvalue weighted by molar-refractivity contribution is -0.000134. The van der Waals surface area contributed by atoms with Crippen LogP contribution in [-0.2, 0) is 16.1 Å². The van der Waals surface area contributed by atoms with Gasteiger partial charge in [-0.3, -0.25) is 9.78 Å². The first-order chi connectivity index (χ1) is 12.2. The summed E-state index contributed by atoms with van der Waals surface area (Å²) in [7, 11) is 0. The van der Waals surface area contributed by atoms with Crippen molar-refractivity contribution < 1.29 is 14.3 Å². The highest BCUT2D eigenvalue weighted by atomic mass is 16.6. The molecule has 2 aromatic rings. The molecule has 0 aliphatic carbocycles. The van der Waals surface area contributed by atoms with Crippen molar-refractivity contribution in [1.82, 2.24) is 19.9 Å². The molecule has 0 unspecified atom stereocenters. The van der Waals surface area contributed by atoms with Crippen molar-refractivity contribution in [3.8, 4) is 0 Å². The molecule has 2 aliphatic heterocycles. The van der Waals surface area contributed by atoms with Crippen LogP contribution in [0.4, 0.5) is 0 Å². The molecule has 0 aromatic carbocycles. The molecule has 2 saturated heterocycles. The first-order valence-corrected chi connectivity index (χ1v) is 8.45. The second-order valence-electron chi connectivity index (χ2n) is 6.52. The topological polar surface area (TPSA) is 77.4 Å². The lowest BCUT2D eigenvalue weighted by atomic mass is 9.98. The number of nitrogens with zero attached hydrogens (tertiary/aromatic N) is 4. The van der Waals surface area contributed by atoms with Crippen molar-refractivity contribution in [3.05, 3.63) is 54.4 Å². The lowest BCUT2D eigenvalue weighted by Gasteiger charge is -2.23. The fourth-order valence-corrected chi connectivity index (χ4v) is 3.48. The summed E-state index contributed by atoms with van der Waals surface area (Å²) in [6.07, 6.45) is 6.40. The quantitative estimate of drug-likeness (QED) is 0.839. The number of carbonyl (C=O) groups excluding carboxylic acids is 1. The van der Waals surface area contributed by atoms with Crippen LogP contribution in [0.2, 0.25) is 0 Å². The zero-order valence-electron chi connectivity index (χ0n) is 13.9. The predicted molar refractivity (Wildman–Crippen MR) is 88.7 cm³/mol. The number of aromatic nitrogens is 3. The number of amides is 1. The van der Waals surface area contributed by atoms with Crippen LogP contribution in [0.5, 0.6) is 0 Å². The van der Waals surface area contributed by atoms with E-state index in [1.807, 2.05) is 23.1 Å². The van der Waals surface area contributed by atoms with Crippen LogP contribution >= 0.6 is 0 Å². The second kappa shape index (κ2) is 6.85. The van der Waals surface area contributed by atoms with E-state index in [1.165, 1.54) is 6.33 Å². The molecule has 25 heavy (non-hydrogen) atoms. The molecule has 4 heterocycles. The molecule has 2 fully saturated rings. The molecule has 2 aliphatic rings. The third-order valence-electron chi connectivity index (χ3n) is 4.77. The number of hydrogen-bond acceptors (Lipinski definition) is 6. The summed E-state index contributed by atoms with van der Waals surface area (Å²) in [6.45, 7) is 2.30. The molecule has 2 aromatic heterocycles. The van der Waals surface area contributed by atoms with E-state index in [2.05, 4.69) is 15.0 Å². The Kier molecular flexibility index (Phi) is 4.42. The molecule has 0 N–H and O–H groups in total. The molecule has 4 rings (SSSR count). The van der Waals surface area contributed by atoms with Gasteiger partial charge in [-0.25, -0.2) is 9.97 Å². The van der Waals surface area contributed by atoms with Crippen LogP contribution in [-0.4, -0.2) is 57.2 Å². The van der Waals surface area contributed by atoms with Crippen molar-refractivity contribution in [1.29, 1.82) is 0 Å². The van der Waals surface area contributed by atoms with Gasteiger partial charge in [0.2, 0.25) is 0 Å². The van der Waals surface area contributed by atoms with Crippen molar-refractivity contribution in [2.45, 2.75) is 31.2 Å². The lowest BCUT2D eigenvalue weighted by Crippen LogP contribution is -2.36. The van der Waals surface area contributed by atoms with Crippen LogP contribution in [0.25, 0.3) is 0 Å². The Morgan fingerprint density at radius 2 is 2.28 bits per heavy atom. The smallest absolute Gasteiger partial charge is 0.272 e. The monoisotopic (exact) mass is 340 g/mol. The minimum absolute atomic E-state index is 0.0381. The summed E-state index contributed by atoms with van der Waals surface area (Å²) in [5.41, 5.74) is 1.04. The summed E-state index contributed by atoms with van der Waals surface area (Å²) in [5.74, 6) is -0.0688. The highest BCUT2D eigenvalue weighted by molar-refractivity contribution is 5.92. The first-order valence-electron chi connectivity index (χ1n) is 8.45. The molecule has 0 bridgehead atoms. The van der Waals surface area contributed by atoms with E-state index in [0.717, 1.165) is 18.5 Å². The summed E-state index contributed by atoms with van der Waals surface area (Å²) < 4.78 is 12.0. The molecule has 1 spiro atoms. The SMILES string of the molecule is O=C(c1ccncn1)N1CC[C@]2(C[C@H](OCc3ccccn3)CO2)C1.